The molecule has 39 heavy (non-hydrogen) atoms. The van der Waals surface area contributed by atoms with E-state index < -0.39 is 29.3 Å². The first-order chi connectivity index (χ1) is 18.4. The standard InChI is InChI=1S/C28H27F3N2O5S/c1-6-37-26(35)23-16(4)32-27-33(24(23)18-9-12-20(38-15(2)3)21(14-18)36-5)25(34)22(39-27)13-17-7-10-19(11-8-17)28(29,30)31/h7-15,24H,6H2,1-5H3/b22-13-/t24-/m0/s1. The zero-order valence-electron chi connectivity index (χ0n) is 22.0. The van der Waals surface area contributed by atoms with Crippen molar-refractivity contribution in [3.05, 3.63) is 90.1 Å². The summed E-state index contributed by atoms with van der Waals surface area (Å²) < 4.78 is 57.2. The second-order valence-corrected chi connectivity index (χ2v) is 10.0. The molecule has 2 heterocycles. The van der Waals surface area contributed by atoms with Gasteiger partial charge in [-0.2, -0.15) is 13.2 Å². The fourth-order valence-electron chi connectivity index (χ4n) is 4.23. The average Bonchev–Trinajstić information content (AvgIpc) is 3.17. The van der Waals surface area contributed by atoms with E-state index >= 15 is 0 Å². The maximum Gasteiger partial charge on any atom is 0.416 e. The third-order valence-electron chi connectivity index (χ3n) is 5.92. The van der Waals surface area contributed by atoms with Gasteiger partial charge in [0.05, 0.1) is 47.2 Å². The highest BCUT2D eigenvalue weighted by atomic mass is 32.1. The van der Waals surface area contributed by atoms with E-state index in [4.69, 9.17) is 14.2 Å². The Balaban J connectivity index is 1.90. The largest absolute Gasteiger partial charge is 0.493 e. The lowest BCUT2D eigenvalue weighted by Crippen LogP contribution is -2.40. The van der Waals surface area contributed by atoms with Crippen LogP contribution in [0.3, 0.4) is 0 Å². The van der Waals surface area contributed by atoms with E-state index in [1.165, 1.54) is 29.9 Å². The van der Waals surface area contributed by atoms with Crippen LogP contribution in [0, 0.1) is 0 Å². The van der Waals surface area contributed by atoms with Crippen LogP contribution in [0.2, 0.25) is 0 Å². The number of aromatic nitrogens is 1. The number of hydrogen-bond donors (Lipinski definition) is 0. The van der Waals surface area contributed by atoms with Gasteiger partial charge >= 0.3 is 12.1 Å². The number of hydrogen-bond acceptors (Lipinski definition) is 7. The molecule has 3 aromatic rings. The number of carbonyl (C=O) groups excluding carboxylic acids is 1. The lowest BCUT2D eigenvalue weighted by atomic mass is 9.95. The fourth-order valence-corrected chi connectivity index (χ4v) is 5.28. The molecule has 11 heteroatoms. The van der Waals surface area contributed by atoms with Gasteiger partial charge in [-0.3, -0.25) is 9.36 Å². The normalized spacial score (nSPS) is 15.7. The van der Waals surface area contributed by atoms with E-state index in [0.717, 1.165) is 23.5 Å². The van der Waals surface area contributed by atoms with Crippen LogP contribution >= 0.6 is 11.3 Å². The van der Waals surface area contributed by atoms with E-state index in [-0.39, 0.29) is 22.8 Å². The van der Waals surface area contributed by atoms with E-state index in [1.54, 1.807) is 32.0 Å². The number of rotatable bonds is 7. The highest BCUT2D eigenvalue weighted by Gasteiger charge is 2.34. The van der Waals surface area contributed by atoms with Crippen LogP contribution in [0.4, 0.5) is 13.2 Å². The van der Waals surface area contributed by atoms with Gasteiger partial charge in [0, 0.05) is 0 Å². The van der Waals surface area contributed by atoms with Crippen molar-refractivity contribution in [3.63, 3.8) is 0 Å². The van der Waals surface area contributed by atoms with Crippen molar-refractivity contribution in [3.8, 4) is 11.5 Å². The second-order valence-electron chi connectivity index (χ2n) is 9.00. The Bertz CT molecular complexity index is 1600. The minimum absolute atomic E-state index is 0.107. The first-order valence-corrected chi connectivity index (χ1v) is 13.0. The number of fused-ring (bicyclic) bond motifs is 1. The zero-order chi connectivity index (χ0) is 28.5. The molecular weight excluding hydrogens is 533 g/mol. The molecule has 4 rings (SSSR count). The molecule has 2 aromatic carbocycles. The molecule has 1 aliphatic rings. The topological polar surface area (TPSA) is 79.1 Å². The Morgan fingerprint density at radius 2 is 1.85 bits per heavy atom. The summed E-state index contributed by atoms with van der Waals surface area (Å²) in [5.74, 6) is 0.317. The predicted octanol–water partition coefficient (Wildman–Crippen LogP) is 4.61. The van der Waals surface area contributed by atoms with Crippen LogP contribution in [0.25, 0.3) is 6.08 Å². The molecule has 0 fully saturated rings. The molecule has 0 radical (unpaired) electrons. The molecule has 1 aromatic heterocycles. The van der Waals surface area contributed by atoms with Crippen LogP contribution < -0.4 is 24.4 Å². The summed E-state index contributed by atoms with van der Waals surface area (Å²) >= 11 is 1.08. The smallest absolute Gasteiger partial charge is 0.416 e. The van der Waals surface area contributed by atoms with Crippen molar-refractivity contribution in [2.75, 3.05) is 13.7 Å². The lowest BCUT2D eigenvalue weighted by Gasteiger charge is -2.25. The lowest BCUT2D eigenvalue weighted by molar-refractivity contribution is -0.139. The maximum atomic E-state index is 13.7. The SMILES string of the molecule is CCOC(=O)C1=C(C)N=c2s/c(=C\c3ccc(C(F)(F)F)cc3)c(=O)n2[C@H]1c1ccc(OC(C)C)c(OC)c1. The molecule has 0 aliphatic carbocycles. The molecule has 0 spiro atoms. The molecule has 206 valence electrons. The van der Waals surface area contributed by atoms with Crippen molar-refractivity contribution in [2.24, 2.45) is 4.99 Å². The van der Waals surface area contributed by atoms with Crippen LogP contribution in [0.15, 0.2) is 63.5 Å². The number of ether oxygens (including phenoxy) is 3. The number of alkyl halides is 3. The minimum atomic E-state index is -4.46. The number of methoxy groups -OCH3 is 1. The zero-order valence-corrected chi connectivity index (χ0v) is 22.8. The monoisotopic (exact) mass is 560 g/mol. The first-order valence-electron chi connectivity index (χ1n) is 12.2. The van der Waals surface area contributed by atoms with Gasteiger partial charge in [0.25, 0.3) is 5.56 Å². The molecule has 7 nitrogen and oxygen atoms in total. The minimum Gasteiger partial charge on any atom is -0.493 e. The number of benzene rings is 2. The Labute approximate surface area is 226 Å². The Hall–Kier alpha value is -3.86. The quantitative estimate of drug-likeness (QED) is 0.395. The van der Waals surface area contributed by atoms with Crippen LogP contribution in [-0.2, 0) is 15.7 Å². The number of carbonyl (C=O) groups is 1. The van der Waals surface area contributed by atoms with Crippen molar-refractivity contribution >= 4 is 23.4 Å². The first kappa shape index (κ1) is 28.2. The predicted molar refractivity (Wildman–Crippen MR) is 141 cm³/mol. The van der Waals surface area contributed by atoms with Gasteiger partial charge in [-0.1, -0.05) is 29.5 Å². The van der Waals surface area contributed by atoms with Crippen molar-refractivity contribution in [1.82, 2.24) is 4.57 Å². The molecule has 0 saturated heterocycles. The maximum absolute atomic E-state index is 13.7. The third-order valence-corrected chi connectivity index (χ3v) is 6.90. The molecule has 1 aliphatic heterocycles. The Morgan fingerprint density at radius 3 is 2.44 bits per heavy atom. The summed E-state index contributed by atoms with van der Waals surface area (Å²) in [6, 6.07) is 8.80. The van der Waals surface area contributed by atoms with Gasteiger partial charge in [-0.25, -0.2) is 9.79 Å². The number of allylic oxidation sites excluding steroid dienone is 1. The number of esters is 1. The summed E-state index contributed by atoms with van der Waals surface area (Å²) in [5, 5.41) is 0. The van der Waals surface area contributed by atoms with Gasteiger partial charge in [-0.15, -0.1) is 0 Å². The summed E-state index contributed by atoms with van der Waals surface area (Å²) in [5.41, 5.74) is 0.353. The van der Waals surface area contributed by atoms with Gasteiger partial charge in [0.2, 0.25) is 0 Å². The van der Waals surface area contributed by atoms with Crippen molar-refractivity contribution in [2.45, 2.75) is 46.0 Å². The average molecular weight is 561 g/mol. The molecule has 0 amide bonds. The summed E-state index contributed by atoms with van der Waals surface area (Å²) in [4.78, 5) is 31.6. The van der Waals surface area contributed by atoms with Gasteiger partial charge < -0.3 is 14.2 Å². The van der Waals surface area contributed by atoms with E-state index in [9.17, 15) is 22.8 Å². The van der Waals surface area contributed by atoms with Gasteiger partial charge in [0.15, 0.2) is 16.3 Å². The Kier molecular flexibility index (Phi) is 8.01. The van der Waals surface area contributed by atoms with E-state index in [1.807, 2.05) is 13.8 Å². The highest BCUT2D eigenvalue weighted by Crippen LogP contribution is 2.36. The van der Waals surface area contributed by atoms with E-state index in [2.05, 4.69) is 4.99 Å². The number of nitrogens with zero attached hydrogens (tertiary/aromatic N) is 2. The molecular formula is C28H27F3N2O5S. The van der Waals surface area contributed by atoms with Crippen LogP contribution in [0.5, 0.6) is 11.5 Å². The Morgan fingerprint density at radius 1 is 1.15 bits per heavy atom. The fraction of sp³-hybridized carbons (Fsp3) is 0.321. The van der Waals surface area contributed by atoms with Crippen molar-refractivity contribution < 1.29 is 32.2 Å². The number of thiazole rings is 1. The summed E-state index contributed by atoms with van der Waals surface area (Å²) in [6.07, 6.45) is -3.06. The second kappa shape index (κ2) is 11.1. The van der Waals surface area contributed by atoms with Crippen molar-refractivity contribution in [1.29, 1.82) is 0 Å². The molecule has 0 N–H and O–H groups in total. The highest BCUT2D eigenvalue weighted by molar-refractivity contribution is 7.07. The van der Waals surface area contributed by atoms with Crippen LogP contribution in [0.1, 0.15) is 50.4 Å². The summed E-state index contributed by atoms with van der Waals surface area (Å²) in [7, 11) is 1.50. The molecule has 0 saturated carbocycles. The summed E-state index contributed by atoms with van der Waals surface area (Å²) in [6.45, 7) is 7.24. The van der Waals surface area contributed by atoms with E-state index in [0.29, 0.717) is 33.1 Å². The molecule has 0 bridgehead atoms. The number of halogens is 3. The molecule has 0 unspecified atom stereocenters. The third kappa shape index (κ3) is 5.78. The van der Waals surface area contributed by atoms with Crippen LogP contribution in [-0.4, -0.2) is 30.4 Å². The van der Waals surface area contributed by atoms with Gasteiger partial charge in [-0.05, 0) is 69.2 Å². The van der Waals surface area contributed by atoms with Gasteiger partial charge in [0.1, 0.15) is 0 Å². The molecule has 1 atom stereocenters.